The van der Waals surface area contributed by atoms with Crippen LogP contribution in [0.2, 0.25) is 0 Å². The van der Waals surface area contributed by atoms with E-state index in [9.17, 15) is 0 Å². The molecule has 0 aromatic heterocycles. The van der Waals surface area contributed by atoms with Gasteiger partial charge in [0.2, 0.25) is 0 Å². The van der Waals surface area contributed by atoms with Crippen LogP contribution in [0, 0.1) is 5.92 Å². The summed E-state index contributed by atoms with van der Waals surface area (Å²) in [6.07, 6.45) is 10.2. The van der Waals surface area contributed by atoms with Crippen LogP contribution in [0.3, 0.4) is 0 Å². The predicted octanol–water partition coefficient (Wildman–Crippen LogP) is 3.39. The molecule has 0 aromatic carbocycles. The van der Waals surface area contributed by atoms with Gasteiger partial charge in [0.05, 0.1) is 0 Å². The Morgan fingerprint density at radius 2 is 2.33 bits per heavy atom. The molecule has 0 spiro atoms. The minimum absolute atomic E-state index is 0. The Balaban J connectivity index is 0.000000640. The molecule has 0 fully saturated rings. The zero-order chi connectivity index (χ0) is 5.82. The largest absolute Gasteiger partial charge is 0.0883 e. The number of hydrogen-bond donors (Lipinski definition) is 0. The van der Waals surface area contributed by atoms with Gasteiger partial charge in [0.1, 0.15) is 0 Å². The highest BCUT2D eigenvalue weighted by Gasteiger charge is 2.03. The molecule has 0 N–H and O–H groups in total. The van der Waals surface area contributed by atoms with Crippen molar-refractivity contribution in [1.82, 2.24) is 0 Å². The van der Waals surface area contributed by atoms with E-state index in [1.165, 1.54) is 25.7 Å². The lowest BCUT2D eigenvalue weighted by molar-refractivity contribution is 0.527. The molecule has 0 saturated carbocycles. The quantitative estimate of drug-likeness (QED) is 0.472. The molecule has 9 heavy (non-hydrogen) atoms. The third-order valence-corrected chi connectivity index (χ3v) is 1.88. The first kappa shape index (κ1) is 8.74. The van der Waals surface area contributed by atoms with E-state index in [2.05, 4.69) is 19.1 Å². The van der Waals surface area contributed by atoms with Crippen molar-refractivity contribution in [2.45, 2.75) is 40.0 Å². The Kier molecular flexibility index (Phi) is 4.47. The van der Waals surface area contributed by atoms with Gasteiger partial charge in [0.25, 0.3) is 0 Å². The number of rotatable bonds is 1. The van der Waals surface area contributed by atoms with E-state index in [0.717, 1.165) is 5.92 Å². The van der Waals surface area contributed by atoms with Crippen LogP contribution in [0.15, 0.2) is 12.2 Å². The molecular formula is C9H18. The molecule has 0 amide bonds. The zero-order valence-electron chi connectivity index (χ0n) is 5.56. The maximum Gasteiger partial charge on any atom is -0.0236 e. The Labute approximate surface area is 59.0 Å². The van der Waals surface area contributed by atoms with Crippen molar-refractivity contribution in [2.75, 3.05) is 0 Å². The van der Waals surface area contributed by atoms with Crippen LogP contribution in [0.25, 0.3) is 0 Å². The summed E-state index contributed by atoms with van der Waals surface area (Å²) in [5, 5.41) is 0. The minimum atomic E-state index is 0. The van der Waals surface area contributed by atoms with Gasteiger partial charge in [-0.1, -0.05) is 26.5 Å². The van der Waals surface area contributed by atoms with E-state index < -0.39 is 0 Å². The van der Waals surface area contributed by atoms with Crippen LogP contribution < -0.4 is 0 Å². The summed E-state index contributed by atoms with van der Waals surface area (Å²) >= 11 is 0. The number of allylic oxidation sites excluding steroid dienone is 2. The Bertz CT molecular complexity index is 82.0. The molecule has 0 saturated heterocycles. The average Bonchev–Trinajstić information content (AvgIpc) is 1.90. The number of hydrogen-bond acceptors (Lipinski definition) is 0. The van der Waals surface area contributed by atoms with Gasteiger partial charge in [0, 0.05) is 0 Å². The van der Waals surface area contributed by atoms with E-state index in [1.807, 2.05) is 0 Å². The molecular weight excluding hydrogens is 108 g/mol. The topological polar surface area (TPSA) is 0 Å². The summed E-state index contributed by atoms with van der Waals surface area (Å²) < 4.78 is 0. The maximum absolute atomic E-state index is 2.36. The third-order valence-electron chi connectivity index (χ3n) is 1.88. The maximum atomic E-state index is 2.36. The second-order valence-corrected chi connectivity index (χ2v) is 2.53. The summed E-state index contributed by atoms with van der Waals surface area (Å²) in [6, 6.07) is 0. The van der Waals surface area contributed by atoms with Gasteiger partial charge >= 0.3 is 0 Å². The highest BCUT2D eigenvalue weighted by Crippen LogP contribution is 2.18. The van der Waals surface area contributed by atoms with Crippen molar-refractivity contribution in [3.8, 4) is 0 Å². The van der Waals surface area contributed by atoms with E-state index in [4.69, 9.17) is 0 Å². The molecule has 0 nitrogen and oxygen atoms in total. The van der Waals surface area contributed by atoms with E-state index in [1.54, 1.807) is 0 Å². The van der Waals surface area contributed by atoms with E-state index in [0.29, 0.717) is 0 Å². The highest BCUT2D eigenvalue weighted by atomic mass is 14.1. The van der Waals surface area contributed by atoms with Crippen LogP contribution >= 0.6 is 0 Å². The molecule has 54 valence electrons. The molecule has 1 aliphatic rings. The Hall–Kier alpha value is -0.260. The van der Waals surface area contributed by atoms with Gasteiger partial charge in [-0.2, -0.15) is 0 Å². The van der Waals surface area contributed by atoms with Crippen LogP contribution in [0.5, 0.6) is 0 Å². The van der Waals surface area contributed by atoms with Gasteiger partial charge in [0.15, 0.2) is 0 Å². The summed E-state index contributed by atoms with van der Waals surface area (Å²) in [7, 11) is 0. The first-order valence-electron chi connectivity index (χ1n) is 3.60. The highest BCUT2D eigenvalue weighted by molar-refractivity contribution is 4.91. The van der Waals surface area contributed by atoms with E-state index in [-0.39, 0.29) is 7.43 Å². The first-order chi connectivity index (χ1) is 3.93. The zero-order valence-corrected chi connectivity index (χ0v) is 5.56. The molecule has 1 atom stereocenters. The van der Waals surface area contributed by atoms with Gasteiger partial charge < -0.3 is 0 Å². The van der Waals surface area contributed by atoms with Crippen LogP contribution in [0.1, 0.15) is 40.0 Å². The smallest absolute Gasteiger partial charge is 0.0236 e. The second kappa shape index (κ2) is 4.60. The predicted molar refractivity (Wildman–Crippen MR) is 43.5 cm³/mol. The van der Waals surface area contributed by atoms with Crippen LogP contribution in [-0.2, 0) is 0 Å². The van der Waals surface area contributed by atoms with Crippen molar-refractivity contribution in [1.29, 1.82) is 0 Å². The normalized spacial score (nSPS) is 25.2. The minimum Gasteiger partial charge on any atom is -0.0883 e. The van der Waals surface area contributed by atoms with Gasteiger partial charge in [-0.15, -0.1) is 0 Å². The van der Waals surface area contributed by atoms with Crippen molar-refractivity contribution < 1.29 is 0 Å². The standard InChI is InChI=1S/C8H14.CH4/c1-2-8-6-4-3-5-7-8;/h4,6,8H,2-3,5,7H2,1H3;1H4. The van der Waals surface area contributed by atoms with Crippen molar-refractivity contribution in [2.24, 2.45) is 5.92 Å². The van der Waals surface area contributed by atoms with Gasteiger partial charge in [-0.3, -0.25) is 0 Å². The molecule has 1 rings (SSSR count). The summed E-state index contributed by atoms with van der Waals surface area (Å²) in [5.74, 6) is 0.906. The SMILES string of the molecule is C.CCC1C=CCCC1. The first-order valence-corrected chi connectivity index (χ1v) is 3.60. The monoisotopic (exact) mass is 126 g/mol. The molecule has 0 heterocycles. The van der Waals surface area contributed by atoms with Gasteiger partial charge in [-0.05, 0) is 31.6 Å². The van der Waals surface area contributed by atoms with Crippen LogP contribution in [0.4, 0.5) is 0 Å². The average molecular weight is 126 g/mol. The van der Waals surface area contributed by atoms with Gasteiger partial charge in [-0.25, -0.2) is 0 Å². The Morgan fingerprint density at radius 1 is 1.56 bits per heavy atom. The summed E-state index contributed by atoms with van der Waals surface area (Å²) in [4.78, 5) is 0. The third kappa shape index (κ3) is 2.69. The van der Waals surface area contributed by atoms with E-state index >= 15 is 0 Å². The molecule has 0 aliphatic heterocycles. The fourth-order valence-corrected chi connectivity index (χ4v) is 1.22. The van der Waals surface area contributed by atoms with Crippen molar-refractivity contribution in [3.05, 3.63) is 12.2 Å². The molecule has 0 aromatic rings. The second-order valence-electron chi connectivity index (χ2n) is 2.53. The summed E-state index contributed by atoms with van der Waals surface area (Å²) in [5.41, 5.74) is 0. The molecule has 1 unspecified atom stereocenters. The fraction of sp³-hybridized carbons (Fsp3) is 0.778. The van der Waals surface area contributed by atoms with Crippen molar-refractivity contribution in [3.63, 3.8) is 0 Å². The fourth-order valence-electron chi connectivity index (χ4n) is 1.22. The molecule has 1 aliphatic carbocycles. The lowest BCUT2D eigenvalue weighted by Crippen LogP contribution is -1.97. The Morgan fingerprint density at radius 3 is 2.67 bits per heavy atom. The van der Waals surface area contributed by atoms with Crippen molar-refractivity contribution >= 4 is 0 Å². The molecule has 0 radical (unpaired) electrons. The molecule has 0 heteroatoms. The summed E-state index contributed by atoms with van der Waals surface area (Å²) in [6.45, 7) is 2.26. The lowest BCUT2D eigenvalue weighted by Gasteiger charge is -2.12. The lowest BCUT2D eigenvalue weighted by atomic mass is 9.94. The molecule has 0 bridgehead atoms. The van der Waals surface area contributed by atoms with Crippen LogP contribution in [-0.4, -0.2) is 0 Å².